The van der Waals surface area contributed by atoms with E-state index < -0.39 is 6.10 Å². The number of hydrogen-bond donors (Lipinski definition) is 2. The SMILES string of the molecule is COCC(O)CNC(C)c1ccc(Br)cc1. The van der Waals surface area contributed by atoms with E-state index in [2.05, 4.69) is 40.3 Å². The third-order valence-electron chi connectivity index (χ3n) is 2.39. The predicted octanol–water partition coefficient (Wildman–Crippen LogP) is 2.11. The Morgan fingerprint density at radius 1 is 1.38 bits per heavy atom. The first kappa shape index (κ1) is 13.6. The number of ether oxygens (including phenoxy) is 1. The fourth-order valence-corrected chi connectivity index (χ4v) is 1.70. The molecule has 3 nitrogen and oxygen atoms in total. The molecule has 1 aromatic carbocycles. The van der Waals surface area contributed by atoms with E-state index in [0.29, 0.717) is 13.2 Å². The molecule has 1 rings (SSSR count). The summed E-state index contributed by atoms with van der Waals surface area (Å²) in [6.07, 6.45) is -0.456. The van der Waals surface area contributed by atoms with Crippen molar-refractivity contribution in [1.29, 1.82) is 0 Å². The van der Waals surface area contributed by atoms with Crippen molar-refractivity contribution in [2.24, 2.45) is 0 Å². The fraction of sp³-hybridized carbons (Fsp3) is 0.500. The van der Waals surface area contributed by atoms with Crippen molar-refractivity contribution in [1.82, 2.24) is 5.32 Å². The van der Waals surface area contributed by atoms with Gasteiger partial charge in [0.15, 0.2) is 0 Å². The van der Waals surface area contributed by atoms with Crippen LogP contribution in [0.5, 0.6) is 0 Å². The summed E-state index contributed by atoms with van der Waals surface area (Å²) in [7, 11) is 1.58. The number of hydrogen-bond acceptors (Lipinski definition) is 3. The van der Waals surface area contributed by atoms with E-state index in [9.17, 15) is 5.11 Å². The van der Waals surface area contributed by atoms with E-state index in [1.165, 1.54) is 5.56 Å². The highest BCUT2D eigenvalue weighted by molar-refractivity contribution is 9.10. The smallest absolute Gasteiger partial charge is 0.0897 e. The molecule has 0 spiro atoms. The first-order chi connectivity index (χ1) is 7.63. The molecule has 2 unspecified atom stereocenters. The van der Waals surface area contributed by atoms with E-state index in [-0.39, 0.29) is 6.04 Å². The average molecular weight is 288 g/mol. The summed E-state index contributed by atoms with van der Waals surface area (Å²) in [5.74, 6) is 0. The summed E-state index contributed by atoms with van der Waals surface area (Å²) in [6, 6.07) is 8.37. The molecule has 2 N–H and O–H groups in total. The van der Waals surface area contributed by atoms with Gasteiger partial charge in [-0.15, -0.1) is 0 Å². The number of halogens is 1. The van der Waals surface area contributed by atoms with Gasteiger partial charge in [0.25, 0.3) is 0 Å². The molecule has 0 saturated heterocycles. The highest BCUT2D eigenvalue weighted by atomic mass is 79.9. The van der Waals surface area contributed by atoms with Crippen molar-refractivity contribution in [2.75, 3.05) is 20.3 Å². The van der Waals surface area contributed by atoms with Crippen LogP contribution in [0.2, 0.25) is 0 Å². The van der Waals surface area contributed by atoms with Gasteiger partial charge in [-0.2, -0.15) is 0 Å². The van der Waals surface area contributed by atoms with E-state index in [1.807, 2.05) is 12.1 Å². The number of aliphatic hydroxyl groups is 1. The molecule has 90 valence electrons. The van der Waals surface area contributed by atoms with Gasteiger partial charge >= 0.3 is 0 Å². The lowest BCUT2D eigenvalue weighted by molar-refractivity contribution is 0.0630. The molecule has 0 heterocycles. The zero-order chi connectivity index (χ0) is 12.0. The van der Waals surface area contributed by atoms with Crippen LogP contribution in [0.1, 0.15) is 18.5 Å². The Morgan fingerprint density at radius 2 is 2.00 bits per heavy atom. The first-order valence-electron chi connectivity index (χ1n) is 5.29. The number of nitrogens with one attached hydrogen (secondary N) is 1. The number of rotatable bonds is 6. The molecule has 16 heavy (non-hydrogen) atoms. The average Bonchev–Trinajstić information content (AvgIpc) is 2.27. The molecule has 1 aromatic rings. The van der Waals surface area contributed by atoms with E-state index >= 15 is 0 Å². The zero-order valence-corrected chi connectivity index (χ0v) is 11.2. The standard InChI is InChI=1S/C12H18BrNO2/c1-9(14-7-12(15)8-16-2)10-3-5-11(13)6-4-10/h3-6,9,12,14-15H,7-8H2,1-2H3. The van der Waals surface area contributed by atoms with Gasteiger partial charge in [0.1, 0.15) is 0 Å². The maximum absolute atomic E-state index is 9.49. The summed E-state index contributed by atoms with van der Waals surface area (Å²) in [5, 5.41) is 12.8. The van der Waals surface area contributed by atoms with Gasteiger partial charge in [-0.1, -0.05) is 28.1 Å². The van der Waals surface area contributed by atoms with Crippen molar-refractivity contribution < 1.29 is 9.84 Å². The lowest BCUT2D eigenvalue weighted by Gasteiger charge is -2.17. The largest absolute Gasteiger partial charge is 0.389 e. The van der Waals surface area contributed by atoms with Crippen LogP contribution in [-0.2, 0) is 4.74 Å². The highest BCUT2D eigenvalue weighted by Crippen LogP contribution is 2.16. The summed E-state index contributed by atoms with van der Waals surface area (Å²) < 4.78 is 5.93. The van der Waals surface area contributed by atoms with Crippen LogP contribution in [0, 0.1) is 0 Å². The summed E-state index contributed by atoms with van der Waals surface area (Å²) in [6.45, 7) is 2.97. The summed E-state index contributed by atoms with van der Waals surface area (Å²) >= 11 is 3.40. The number of aliphatic hydroxyl groups excluding tert-OH is 1. The maximum atomic E-state index is 9.49. The van der Waals surface area contributed by atoms with Gasteiger partial charge in [-0.25, -0.2) is 0 Å². The molecule has 0 aliphatic heterocycles. The quantitative estimate of drug-likeness (QED) is 0.842. The summed E-state index contributed by atoms with van der Waals surface area (Å²) in [5.41, 5.74) is 1.20. The molecule has 2 atom stereocenters. The second-order valence-electron chi connectivity index (χ2n) is 3.79. The first-order valence-corrected chi connectivity index (χ1v) is 6.08. The van der Waals surface area contributed by atoms with Crippen molar-refractivity contribution in [3.63, 3.8) is 0 Å². The van der Waals surface area contributed by atoms with Crippen LogP contribution < -0.4 is 5.32 Å². The van der Waals surface area contributed by atoms with Crippen LogP contribution in [0.4, 0.5) is 0 Å². The van der Waals surface area contributed by atoms with Crippen LogP contribution in [0.15, 0.2) is 28.7 Å². The fourth-order valence-electron chi connectivity index (χ4n) is 1.43. The Bertz CT molecular complexity index is 302. The molecule has 0 aliphatic carbocycles. The van der Waals surface area contributed by atoms with Gasteiger partial charge in [0.05, 0.1) is 12.7 Å². The Hall–Kier alpha value is -0.420. The third-order valence-corrected chi connectivity index (χ3v) is 2.92. The van der Waals surface area contributed by atoms with Crippen LogP contribution >= 0.6 is 15.9 Å². The monoisotopic (exact) mass is 287 g/mol. The minimum atomic E-state index is -0.456. The summed E-state index contributed by atoms with van der Waals surface area (Å²) in [4.78, 5) is 0. The Kier molecular flexibility index (Phi) is 5.98. The Morgan fingerprint density at radius 3 is 2.56 bits per heavy atom. The molecule has 0 bridgehead atoms. The topological polar surface area (TPSA) is 41.5 Å². The van der Waals surface area contributed by atoms with Gasteiger partial charge in [-0.3, -0.25) is 0 Å². The predicted molar refractivity (Wildman–Crippen MR) is 68.4 cm³/mol. The van der Waals surface area contributed by atoms with Gasteiger partial charge in [0, 0.05) is 24.2 Å². The van der Waals surface area contributed by atoms with Crippen molar-refractivity contribution in [2.45, 2.75) is 19.1 Å². The molecule has 0 aromatic heterocycles. The van der Waals surface area contributed by atoms with Crippen molar-refractivity contribution >= 4 is 15.9 Å². The van der Waals surface area contributed by atoms with E-state index in [1.54, 1.807) is 7.11 Å². The van der Waals surface area contributed by atoms with Crippen LogP contribution in [0.3, 0.4) is 0 Å². The lowest BCUT2D eigenvalue weighted by atomic mass is 10.1. The van der Waals surface area contributed by atoms with E-state index in [4.69, 9.17) is 4.74 Å². The number of benzene rings is 1. The molecular formula is C12H18BrNO2. The third kappa shape index (κ3) is 4.61. The van der Waals surface area contributed by atoms with Gasteiger partial charge < -0.3 is 15.2 Å². The van der Waals surface area contributed by atoms with Crippen LogP contribution in [0.25, 0.3) is 0 Å². The minimum absolute atomic E-state index is 0.222. The van der Waals surface area contributed by atoms with Crippen LogP contribution in [-0.4, -0.2) is 31.5 Å². The molecule has 0 saturated carbocycles. The molecule has 4 heteroatoms. The van der Waals surface area contributed by atoms with Gasteiger partial charge in [0.2, 0.25) is 0 Å². The van der Waals surface area contributed by atoms with Crippen molar-refractivity contribution in [3.8, 4) is 0 Å². The zero-order valence-electron chi connectivity index (χ0n) is 9.61. The van der Waals surface area contributed by atoms with Crippen molar-refractivity contribution in [3.05, 3.63) is 34.3 Å². The molecular weight excluding hydrogens is 270 g/mol. The normalized spacial score (nSPS) is 14.8. The van der Waals surface area contributed by atoms with Gasteiger partial charge in [-0.05, 0) is 24.6 Å². The Balaban J connectivity index is 2.40. The van der Waals surface area contributed by atoms with E-state index in [0.717, 1.165) is 4.47 Å². The Labute approximate surface area is 105 Å². The number of methoxy groups -OCH3 is 1. The maximum Gasteiger partial charge on any atom is 0.0897 e. The highest BCUT2D eigenvalue weighted by Gasteiger charge is 2.08. The molecule has 0 fully saturated rings. The second-order valence-corrected chi connectivity index (χ2v) is 4.71. The molecule has 0 amide bonds. The molecule has 0 aliphatic rings. The lowest BCUT2D eigenvalue weighted by Crippen LogP contribution is -2.31. The second kappa shape index (κ2) is 7.01. The minimum Gasteiger partial charge on any atom is -0.389 e. The molecule has 0 radical (unpaired) electrons.